The zero-order valence-corrected chi connectivity index (χ0v) is 12.9. The third-order valence-electron chi connectivity index (χ3n) is 3.69. The smallest absolute Gasteiger partial charge is 0.223 e. The largest absolute Gasteiger partial charge is 0.352 e. The number of hydrogen-bond acceptors (Lipinski definition) is 2. The van der Waals surface area contributed by atoms with Crippen LogP contribution in [0.4, 0.5) is 0 Å². The molecule has 0 rings (SSSR count). The van der Waals surface area contributed by atoms with E-state index in [1.807, 2.05) is 14.0 Å². The van der Waals surface area contributed by atoms with Crippen molar-refractivity contribution in [3.63, 3.8) is 0 Å². The fraction of sp³-hybridized carbons (Fsp3) is 0.933. The Morgan fingerprint density at radius 2 is 1.61 bits per heavy atom. The fourth-order valence-electron chi connectivity index (χ4n) is 2.04. The van der Waals surface area contributed by atoms with E-state index in [4.69, 9.17) is 0 Å². The Labute approximate surface area is 113 Å². The van der Waals surface area contributed by atoms with Crippen LogP contribution in [0.15, 0.2) is 0 Å². The van der Waals surface area contributed by atoms with E-state index in [1.165, 1.54) is 12.8 Å². The van der Waals surface area contributed by atoms with Crippen LogP contribution in [0.1, 0.15) is 66.2 Å². The molecule has 0 radical (unpaired) electrons. The Morgan fingerprint density at radius 1 is 1.06 bits per heavy atom. The molecule has 0 aliphatic heterocycles. The molecule has 3 unspecified atom stereocenters. The van der Waals surface area contributed by atoms with E-state index in [9.17, 15) is 4.79 Å². The van der Waals surface area contributed by atoms with Gasteiger partial charge in [-0.05, 0) is 26.8 Å². The second kappa shape index (κ2) is 10.4. The second-order valence-electron chi connectivity index (χ2n) is 5.38. The van der Waals surface area contributed by atoms with Gasteiger partial charge in [0.2, 0.25) is 5.91 Å². The van der Waals surface area contributed by atoms with Crippen molar-refractivity contribution >= 4 is 5.91 Å². The summed E-state index contributed by atoms with van der Waals surface area (Å²) >= 11 is 0. The van der Waals surface area contributed by atoms with Crippen LogP contribution >= 0.6 is 0 Å². The number of carbonyl (C=O) groups excluding carboxylic acids is 1. The number of likely N-dealkylation sites (N-methyl/N-ethyl adjacent to an activating group) is 1. The van der Waals surface area contributed by atoms with Gasteiger partial charge in [-0.2, -0.15) is 0 Å². The van der Waals surface area contributed by atoms with Gasteiger partial charge in [0.25, 0.3) is 0 Å². The lowest BCUT2D eigenvalue weighted by Gasteiger charge is -2.26. The summed E-state index contributed by atoms with van der Waals surface area (Å²) in [5.41, 5.74) is 0. The van der Waals surface area contributed by atoms with Crippen molar-refractivity contribution in [1.82, 2.24) is 10.6 Å². The molecule has 0 aromatic carbocycles. The number of rotatable bonds is 10. The summed E-state index contributed by atoms with van der Waals surface area (Å²) in [6.07, 6.45) is 6.69. The van der Waals surface area contributed by atoms with Gasteiger partial charge < -0.3 is 10.6 Å². The van der Waals surface area contributed by atoms with Crippen LogP contribution in [0, 0.1) is 5.92 Å². The van der Waals surface area contributed by atoms with E-state index in [-0.39, 0.29) is 17.9 Å². The van der Waals surface area contributed by atoms with E-state index in [1.54, 1.807) is 0 Å². The maximum Gasteiger partial charge on any atom is 0.223 e. The van der Waals surface area contributed by atoms with E-state index in [0.29, 0.717) is 6.04 Å². The topological polar surface area (TPSA) is 41.1 Å². The second-order valence-corrected chi connectivity index (χ2v) is 5.38. The Balaban J connectivity index is 4.24. The molecule has 0 spiro atoms. The van der Waals surface area contributed by atoms with Crippen LogP contribution in [-0.2, 0) is 4.79 Å². The summed E-state index contributed by atoms with van der Waals surface area (Å²) in [6.45, 7) is 8.52. The first-order valence-corrected chi connectivity index (χ1v) is 7.54. The number of carbonyl (C=O) groups is 1. The quantitative estimate of drug-likeness (QED) is 0.630. The van der Waals surface area contributed by atoms with Crippen LogP contribution in [0.5, 0.6) is 0 Å². The predicted octanol–water partition coefficient (Wildman–Crippen LogP) is 3.10. The normalized spacial score (nSPS) is 16.1. The minimum Gasteiger partial charge on any atom is -0.352 e. The number of nitrogens with one attached hydrogen (secondary N) is 2. The highest BCUT2D eigenvalue weighted by Gasteiger charge is 2.20. The first kappa shape index (κ1) is 17.4. The first-order chi connectivity index (χ1) is 8.56. The SMILES string of the molecule is CCCCC(C)C(=O)NC(CCCC)C(C)NC. The van der Waals surface area contributed by atoms with Crippen molar-refractivity contribution in [1.29, 1.82) is 0 Å². The first-order valence-electron chi connectivity index (χ1n) is 7.54. The molecule has 18 heavy (non-hydrogen) atoms. The molecule has 0 heterocycles. The molecule has 3 atom stereocenters. The van der Waals surface area contributed by atoms with Crippen molar-refractivity contribution in [3.8, 4) is 0 Å². The molecule has 0 bridgehead atoms. The summed E-state index contributed by atoms with van der Waals surface area (Å²) in [6, 6.07) is 0.588. The van der Waals surface area contributed by atoms with Gasteiger partial charge in [-0.25, -0.2) is 0 Å². The van der Waals surface area contributed by atoms with Crippen molar-refractivity contribution < 1.29 is 4.79 Å². The Kier molecular flexibility index (Phi) is 10.0. The Morgan fingerprint density at radius 3 is 2.11 bits per heavy atom. The van der Waals surface area contributed by atoms with Crippen LogP contribution in [-0.4, -0.2) is 25.0 Å². The summed E-state index contributed by atoms with van der Waals surface area (Å²) in [7, 11) is 1.95. The molecule has 0 saturated carbocycles. The molecule has 0 saturated heterocycles. The summed E-state index contributed by atoms with van der Waals surface area (Å²) < 4.78 is 0. The lowest BCUT2D eigenvalue weighted by molar-refractivity contribution is -0.125. The van der Waals surface area contributed by atoms with E-state index >= 15 is 0 Å². The molecule has 0 aliphatic carbocycles. The molecule has 3 nitrogen and oxygen atoms in total. The summed E-state index contributed by atoms with van der Waals surface area (Å²) in [4.78, 5) is 12.1. The lowest BCUT2D eigenvalue weighted by atomic mass is 9.99. The zero-order chi connectivity index (χ0) is 14.0. The highest BCUT2D eigenvalue weighted by atomic mass is 16.1. The lowest BCUT2D eigenvalue weighted by Crippen LogP contribution is -2.48. The zero-order valence-electron chi connectivity index (χ0n) is 12.9. The Bertz CT molecular complexity index is 219. The Hall–Kier alpha value is -0.570. The van der Waals surface area contributed by atoms with Crippen LogP contribution in [0.2, 0.25) is 0 Å². The molecule has 0 aromatic rings. The van der Waals surface area contributed by atoms with Gasteiger partial charge in [0, 0.05) is 18.0 Å². The van der Waals surface area contributed by atoms with Gasteiger partial charge in [-0.3, -0.25) is 4.79 Å². The van der Waals surface area contributed by atoms with Crippen LogP contribution in [0.25, 0.3) is 0 Å². The molecule has 0 aromatic heterocycles. The average Bonchev–Trinajstić information content (AvgIpc) is 2.39. The van der Waals surface area contributed by atoms with Crippen molar-refractivity contribution in [2.24, 2.45) is 5.92 Å². The van der Waals surface area contributed by atoms with Gasteiger partial charge in [0.05, 0.1) is 0 Å². The highest BCUT2D eigenvalue weighted by molar-refractivity contribution is 5.78. The predicted molar refractivity (Wildman–Crippen MR) is 78.7 cm³/mol. The summed E-state index contributed by atoms with van der Waals surface area (Å²) in [5.74, 6) is 0.352. The van der Waals surface area contributed by atoms with Crippen LogP contribution < -0.4 is 10.6 Å². The van der Waals surface area contributed by atoms with Crippen molar-refractivity contribution in [2.45, 2.75) is 78.3 Å². The van der Waals surface area contributed by atoms with Gasteiger partial charge in [0.1, 0.15) is 0 Å². The molecule has 108 valence electrons. The molecular formula is C15H32N2O. The average molecular weight is 256 g/mol. The van der Waals surface area contributed by atoms with E-state index in [0.717, 1.165) is 25.7 Å². The standard InChI is InChI=1S/C15H32N2O/c1-6-8-10-12(3)15(18)17-14(11-9-7-2)13(4)16-5/h12-14,16H,6-11H2,1-5H3,(H,17,18). The minimum absolute atomic E-state index is 0.137. The third-order valence-corrected chi connectivity index (χ3v) is 3.69. The monoisotopic (exact) mass is 256 g/mol. The van der Waals surface area contributed by atoms with Gasteiger partial charge in [0.15, 0.2) is 0 Å². The summed E-state index contributed by atoms with van der Waals surface area (Å²) in [5, 5.41) is 6.46. The number of amides is 1. The number of hydrogen-bond donors (Lipinski definition) is 2. The third kappa shape index (κ3) is 7.00. The van der Waals surface area contributed by atoms with Crippen molar-refractivity contribution in [2.75, 3.05) is 7.05 Å². The maximum atomic E-state index is 12.1. The van der Waals surface area contributed by atoms with Crippen LogP contribution in [0.3, 0.4) is 0 Å². The van der Waals surface area contributed by atoms with Gasteiger partial charge in [-0.1, -0.05) is 46.5 Å². The van der Waals surface area contributed by atoms with Gasteiger partial charge in [-0.15, -0.1) is 0 Å². The number of unbranched alkanes of at least 4 members (excludes halogenated alkanes) is 2. The van der Waals surface area contributed by atoms with E-state index in [2.05, 4.69) is 31.4 Å². The molecule has 3 heteroatoms. The molecule has 0 fully saturated rings. The maximum absolute atomic E-state index is 12.1. The molecule has 1 amide bonds. The van der Waals surface area contributed by atoms with E-state index < -0.39 is 0 Å². The molecular weight excluding hydrogens is 224 g/mol. The highest BCUT2D eigenvalue weighted by Crippen LogP contribution is 2.10. The fourth-order valence-corrected chi connectivity index (χ4v) is 2.04. The molecule has 0 aliphatic rings. The molecule has 2 N–H and O–H groups in total. The van der Waals surface area contributed by atoms with Gasteiger partial charge >= 0.3 is 0 Å². The van der Waals surface area contributed by atoms with Crippen molar-refractivity contribution in [3.05, 3.63) is 0 Å². The minimum atomic E-state index is 0.137.